The summed E-state index contributed by atoms with van der Waals surface area (Å²) in [6.07, 6.45) is 0.948. The average Bonchev–Trinajstić information content (AvgIpc) is 2.45. The van der Waals surface area contributed by atoms with Gasteiger partial charge in [-0.25, -0.2) is 0 Å². The Morgan fingerprint density at radius 2 is 1.60 bits per heavy atom. The van der Waals surface area contributed by atoms with Crippen molar-refractivity contribution in [3.05, 3.63) is 12.1 Å². The van der Waals surface area contributed by atoms with Crippen molar-refractivity contribution < 1.29 is 18.9 Å². The van der Waals surface area contributed by atoms with E-state index in [1.165, 1.54) is 0 Å². The first-order valence-corrected chi connectivity index (χ1v) is 6.66. The van der Waals surface area contributed by atoms with E-state index in [-0.39, 0.29) is 17.6 Å². The minimum absolute atomic E-state index is 0.0274. The summed E-state index contributed by atoms with van der Waals surface area (Å²) in [5.41, 5.74) is 5.98. The van der Waals surface area contributed by atoms with Gasteiger partial charge in [0, 0.05) is 30.0 Å². The summed E-state index contributed by atoms with van der Waals surface area (Å²) in [6.45, 7) is 4.23. The summed E-state index contributed by atoms with van der Waals surface area (Å²) in [5.74, 6) is 2.43. The first kappa shape index (κ1) is 14.8. The van der Waals surface area contributed by atoms with Crippen LogP contribution in [0, 0.1) is 5.41 Å². The van der Waals surface area contributed by atoms with Crippen molar-refractivity contribution in [2.45, 2.75) is 32.4 Å². The standard InChI is InChI=1S/C15H23NO4/c1-15(2)12(16)8-13(15)20-9-6-10(17-3)14(19-5)11(7-9)18-4/h6-7,12-13H,8,16H2,1-5H3. The molecule has 112 valence electrons. The summed E-state index contributed by atoms with van der Waals surface area (Å²) < 4.78 is 21.9. The predicted molar refractivity (Wildman–Crippen MR) is 76.9 cm³/mol. The summed E-state index contributed by atoms with van der Waals surface area (Å²) in [6, 6.07) is 3.79. The smallest absolute Gasteiger partial charge is 0.203 e. The minimum Gasteiger partial charge on any atom is -0.493 e. The van der Waals surface area contributed by atoms with E-state index in [2.05, 4.69) is 13.8 Å². The van der Waals surface area contributed by atoms with Gasteiger partial charge in [0.1, 0.15) is 11.9 Å². The molecule has 0 aromatic heterocycles. The number of hydrogen-bond acceptors (Lipinski definition) is 5. The molecule has 0 spiro atoms. The Morgan fingerprint density at radius 1 is 1.05 bits per heavy atom. The second kappa shape index (κ2) is 5.40. The molecule has 0 saturated heterocycles. The van der Waals surface area contributed by atoms with E-state index in [1.807, 2.05) is 0 Å². The van der Waals surface area contributed by atoms with Gasteiger partial charge in [-0.1, -0.05) is 13.8 Å². The first-order valence-electron chi connectivity index (χ1n) is 6.66. The van der Waals surface area contributed by atoms with E-state index in [4.69, 9.17) is 24.7 Å². The third-order valence-electron chi connectivity index (χ3n) is 4.17. The van der Waals surface area contributed by atoms with Gasteiger partial charge < -0.3 is 24.7 Å². The molecule has 5 nitrogen and oxygen atoms in total. The molecule has 1 aromatic carbocycles. The van der Waals surface area contributed by atoms with E-state index >= 15 is 0 Å². The zero-order valence-corrected chi connectivity index (χ0v) is 12.7. The van der Waals surface area contributed by atoms with Gasteiger partial charge in [-0.15, -0.1) is 0 Å². The molecule has 0 radical (unpaired) electrons. The van der Waals surface area contributed by atoms with Gasteiger partial charge in [-0.2, -0.15) is 0 Å². The van der Waals surface area contributed by atoms with Crippen LogP contribution in [0.2, 0.25) is 0 Å². The van der Waals surface area contributed by atoms with Crippen molar-refractivity contribution in [3.8, 4) is 23.0 Å². The molecular formula is C15H23NO4. The molecule has 0 amide bonds. The molecule has 0 bridgehead atoms. The number of hydrogen-bond donors (Lipinski definition) is 1. The molecule has 5 heteroatoms. The van der Waals surface area contributed by atoms with Crippen LogP contribution in [0.1, 0.15) is 20.3 Å². The van der Waals surface area contributed by atoms with Crippen LogP contribution in [-0.2, 0) is 0 Å². The lowest BCUT2D eigenvalue weighted by atomic mass is 9.65. The predicted octanol–water partition coefficient (Wildman–Crippen LogP) is 2.22. The topological polar surface area (TPSA) is 62.9 Å². The van der Waals surface area contributed by atoms with Gasteiger partial charge in [-0.05, 0) is 0 Å². The molecule has 1 fully saturated rings. The fraction of sp³-hybridized carbons (Fsp3) is 0.600. The van der Waals surface area contributed by atoms with Gasteiger partial charge in [0.05, 0.1) is 21.3 Å². The Hall–Kier alpha value is -1.62. The van der Waals surface area contributed by atoms with E-state index in [1.54, 1.807) is 33.5 Å². The summed E-state index contributed by atoms with van der Waals surface area (Å²) >= 11 is 0. The molecule has 0 heterocycles. The fourth-order valence-corrected chi connectivity index (χ4v) is 2.41. The molecule has 1 aromatic rings. The lowest BCUT2D eigenvalue weighted by Gasteiger charge is -2.49. The third kappa shape index (κ3) is 2.38. The molecule has 1 aliphatic rings. The van der Waals surface area contributed by atoms with Crippen LogP contribution in [0.25, 0.3) is 0 Å². The van der Waals surface area contributed by atoms with Crippen LogP contribution in [0.3, 0.4) is 0 Å². The van der Waals surface area contributed by atoms with Gasteiger partial charge in [0.15, 0.2) is 11.5 Å². The Labute approximate surface area is 120 Å². The quantitative estimate of drug-likeness (QED) is 0.896. The number of methoxy groups -OCH3 is 3. The van der Waals surface area contributed by atoms with Crippen LogP contribution >= 0.6 is 0 Å². The Kier molecular flexibility index (Phi) is 3.99. The monoisotopic (exact) mass is 281 g/mol. The maximum absolute atomic E-state index is 6.02. The van der Waals surface area contributed by atoms with Crippen molar-refractivity contribution in [3.63, 3.8) is 0 Å². The Bertz CT molecular complexity index is 462. The van der Waals surface area contributed by atoms with Crippen LogP contribution in [0.15, 0.2) is 12.1 Å². The normalized spacial score (nSPS) is 23.7. The van der Waals surface area contributed by atoms with E-state index < -0.39 is 0 Å². The molecular weight excluding hydrogens is 258 g/mol. The Balaban J connectivity index is 2.25. The van der Waals surface area contributed by atoms with Gasteiger partial charge in [0.25, 0.3) is 0 Å². The lowest BCUT2D eigenvalue weighted by Crippen LogP contribution is -2.60. The number of ether oxygens (including phenoxy) is 4. The Morgan fingerprint density at radius 3 is 1.95 bits per heavy atom. The van der Waals surface area contributed by atoms with Crippen molar-refractivity contribution in [1.29, 1.82) is 0 Å². The highest BCUT2D eigenvalue weighted by Gasteiger charge is 2.48. The number of benzene rings is 1. The average molecular weight is 281 g/mol. The molecule has 2 N–H and O–H groups in total. The highest BCUT2D eigenvalue weighted by atomic mass is 16.5. The second-order valence-electron chi connectivity index (χ2n) is 5.63. The summed E-state index contributed by atoms with van der Waals surface area (Å²) in [7, 11) is 4.75. The van der Waals surface area contributed by atoms with Crippen molar-refractivity contribution >= 4 is 0 Å². The van der Waals surface area contributed by atoms with Gasteiger partial charge in [0.2, 0.25) is 5.75 Å². The molecule has 2 rings (SSSR count). The van der Waals surface area contributed by atoms with Crippen LogP contribution < -0.4 is 24.7 Å². The van der Waals surface area contributed by atoms with Crippen LogP contribution in [-0.4, -0.2) is 33.5 Å². The third-order valence-corrected chi connectivity index (χ3v) is 4.17. The van der Waals surface area contributed by atoms with Gasteiger partial charge >= 0.3 is 0 Å². The largest absolute Gasteiger partial charge is 0.493 e. The number of nitrogens with two attached hydrogens (primary N) is 1. The maximum atomic E-state index is 6.02. The SMILES string of the molecule is COc1cc(OC2CC(N)C2(C)C)cc(OC)c1OC. The molecule has 2 atom stereocenters. The highest BCUT2D eigenvalue weighted by molar-refractivity contribution is 5.56. The van der Waals surface area contributed by atoms with Crippen LogP contribution in [0.4, 0.5) is 0 Å². The highest BCUT2D eigenvalue weighted by Crippen LogP contribution is 2.45. The molecule has 1 aliphatic carbocycles. The number of rotatable bonds is 5. The minimum atomic E-state index is -0.0274. The molecule has 2 unspecified atom stereocenters. The molecule has 20 heavy (non-hydrogen) atoms. The maximum Gasteiger partial charge on any atom is 0.203 e. The van der Waals surface area contributed by atoms with E-state index in [0.29, 0.717) is 23.0 Å². The lowest BCUT2D eigenvalue weighted by molar-refractivity contribution is -0.0401. The van der Waals surface area contributed by atoms with Crippen LogP contribution in [0.5, 0.6) is 23.0 Å². The van der Waals surface area contributed by atoms with E-state index in [0.717, 1.165) is 6.42 Å². The zero-order valence-electron chi connectivity index (χ0n) is 12.7. The molecule has 0 aliphatic heterocycles. The van der Waals surface area contributed by atoms with Crippen molar-refractivity contribution in [2.75, 3.05) is 21.3 Å². The fourth-order valence-electron chi connectivity index (χ4n) is 2.41. The second-order valence-corrected chi connectivity index (χ2v) is 5.63. The van der Waals surface area contributed by atoms with Crippen molar-refractivity contribution in [1.82, 2.24) is 0 Å². The van der Waals surface area contributed by atoms with Gasteiger partial charge in [-0.3, -0.25) is 0 Å². The first-order chi connectivity index (χ1) is 9.43. The van der Waals surface area contributed by atoms with Crippen molar-refractivity contribution in [2.24, 2.45) is 11.1 Å². The van der Waals surface area contributed by atoms with E-state index in [9.17, 15) is 0 Å². The summed E-state index contributed by atoms with van der Waals surface area (Å²) in [5, 5.41) is 0. The summed E-state index contributed by atoms with van der Waals surface area (Å²) in [4.78, 5) is 0. The zero-order chi connectivity index (χ0) is 14.9. The molecule has 1 saturated carbocycles.